The van der Waals surface area contributed by atoms with Gasteiger partial charge in [-0.25, -0.2) is 4.79 Å². The van der Waals surface area contributed by atoms with E-state index in [4.69, 9.17) is 4.74 Å². The largest absolute Gasteiger partial charge is 0.496 e. The molecule has 0 spiro atoms. The van der Waals surface area contributed by atoms with Gasteiger partial charge in [0.2, 0.25) is 0 Å². The fourth-order valence-electron chi connectivity index (χ4n) is 3.22. The van der Waals surface area contributed by atoms with Crippen molar-refractivity contribution in [2.24, 2.45) is 0 Å². The van der Waals surface area contributed by atoms with E-state index >= 15 is 0 Å². The number of nitrogens with zero attached hydrogens (tertiary/aromatic N) is 1. The summed E-state index contributed by atoms with van der Waals surface area (Å²) >= 11 is 0. The van der Waals surface area contributed by atoms with Gasteiger partial charge in [-0.05, 0) is 24.1 Å². The monoisotopic (exact) mass is 391 g/mol. The van der Waals surface area contributed by atoms with E-state index < -0.39 is 0 Å². The molecule has 0 bridgehead atoms. The number of carbonyl (C=O) groups excluding carboxylic acids is 1. The fraction of sp³-hybridized carbons (Fsp3) is 0.217. The molecule has 6 heteroatoms. The Bertz CT molecular complexity index is 961. The Morgan fingerprint density at radius 3 is 2.10 bits per heavy atom. The molecule has 2 amide bonds. The predicted molar refractivity (Wildman–Crippen MR) is 113 cm³/mol. The summed E-state index contributed by atoms with van der Waals surface area (Å²) in [4.78, 5) is 24.7. The number of carbonyl (C=O) groups is 1. The second-order valence-corrected chi connectivity index (χ2v) is 6.68. The van der Waals surface area contributed by atoms with E-state index in [0.717, 1.165) is 16.8 Å². The van der Waals surface area contributed by atoms with Crippen LogP contribution in [0, 0.1) is 6.92 Å². The summed E-state index contributed by atoms with van der Waals surface area (Å²) in [5.41, 5.74) is 2.62. The lowest BCUT2D eigenvalue weighted by Gasteiger charge is -2.20. The minimum Gasteiger partial charge on any atom is -0.496 e. The van der Waals surface area contributed by atoms with Crippen LogP contribution < -0.4 is 20.9 Å². The van der Waals surface area contributed by atoms with Gasteiger partial charge in [0, 0.05) is 24.8 Å². The Kier molecular flexibility index (Phi) is 6.68. The lowest BCUT2D eigenvalue weighted by molar-refractivity contribution is 0.238. The van der Waals surface area contributed by atoms with Crippen LogP contribution in [-0.2, 0) is 6.54 Å². The molecule has 0 aliphatic heterocycles. The lowest BCUT2D eigenvalue weighted by Crippen LogP contribution is -2.40. The molecule has 0 saturated carbocycles. The molecule has 2 N–H and O–H groups in total. The molecule has 0 saturated heterocycles. The number of aryl methyl sites for hydroxylation is 1. The highest BCUT2D eigenvalue weighted by molar-refractivity contribution is 5.75. The number of pyridine rings is 1. The molecule has 1 aromatic heterocycles. The number of rotatable bonds is 7. The minimum atomic E-state index is -0.290. The molecule has 0 aliphatic carbocycles. The number of hydrogen-bond donors (Lipinski definition) is 2. The number of urea groups is 1. The van der Waals surface area contributed by atoms with Crippen LogP contribution in [0.1, 0.15) is 22.9 Å². The number of nitrogens with one attached hydrogen (secondary N) is 2. The smallest absolute Gasteiger partial charge is 0.315 e. The highest BCUT2D eigenvalue weighted by atomic mass is 16.5. The van der Waals surface area contributed by atoms with Crippen LogP contribution in [0.15, 0.2) is 77.6 Å². The highest BCUT2D eigenvalue weighted by Crippen LogP contribution is 2.21. The first kappa shape index (κ1) is 20.2. The Morgan fingerprint density at radius 2 is 1.59 bits per heavy atom. The first-order chi connectivity index (χ1) is 14.1. The van der Waals surface area contributed by atoms with Crippen LogP contribution in [0.5, 0.6) is 5.75 Å². The molecular formula is C23H25N3O3. The van der Waals surface area contributed by atoms with E-state index in [1.54, 1.807) is 10.6 Å². The van der Waals surface area contributed by atoms with Gasteiger partial charge in [0.25, 0.3) is 5.56 Å². The minimum absolute atomic E-state index is 0.157. The van der Waals surface area contributed by atoms with E-state index in [1.165, 1.54) is 13.2 Å². The fourth-order valence-corrected chi connectivity index (χ4v) is 3.22. The quantitative estimate of drug-likeness (QED) is 0.649. The van der Waals surface area contributed by atoms with Gasteiger partial charge < -0.3 is 19.9 Å². The summed E-state index contributed by atoms with van der Waals surface area (Å²) in [6, 6.07) is 22.3. The molecule has 150 valence electrons. The van der Waals surface area contributed by atoms with Gasteiger partial charge in [0.1, 0.15) is 5.75 Å². The molecule has 6 nitrogen and oxygen atoms in total. The van der Waals surface area contributed by atoms with Gasteiger partial charge in [-0.3, -0.25) is 4.79 Å². The lowest BCUT2D eigenvalue weighted by atomic mass is 9.99. The number of benzene rings is 2. The number of hydrogen-bond acceptors (Lipinski definition) is 3. The maximum absolute atomic E-state index is 12.5. The van der Waals surface area contributed by atoms with Crippen LogP contribution in [-0.4, -0.2) is 24.3 Å². The predicted octanol–water partition coefficient (Wildman–Crippen LogP) is 3.25. The third-order valence-corrected chi connectivity index (χ3v) is 4.71. The van der Waals surface area contributed by atoms with Crippen LogP contribution >= 0.6 is 0 Å². The molecule has 2 aromatic carbocycles. The summed E-state index contributed by atoms with van der Waals surface area (Å²) in [6.45, 7) is 2.55. The van der Waals surface area contributed by atoms with Crippen molar-refractivity contribution in [3.63, 3.8) is 0 Å². The van der Waals surface area contributed by atoms with Crippen LogP contribution in [0.2, 0.25) is 0 Å². The molecule has 0 unspecified atom stereocenters. The van der Waals surface area contributed by atoms with Crippen molar-refractivity contribution in [3.8, 4) is 5.75 Å². The normalized spacial score (nSPS) is 10.6. The summed E-state index contributed by atoms with van der Waals surface area (Å²) in [7, 11) is 1.53. The van der Waals surface area contributed by atoms with Gasteiger partial charge in [0.15, 0.2) is 0 Å². The topological polar surface area (TPSA) is 72.4 Å². The molecular weight excluding hydrogens is 366 g/mol. The van der Waals surface area contributed by atoms with Gasteiger partial charge in [-0.15, -0.1) is 0 Å². The summed E-state index contributed by atoms with van der Waals surface area (Å²) in [6.07, 6.45) is 0. The zero-order valence-corrected chi connectivity index (χ0v) is 16.6. The molecule has 3 rings (SSSR count). The average molecular weight is 391 g/mol. The van der Waals surface area contributed by atoms with E-state index in [0.29, 0.717) is 18.8 Å². The van der Waals surface area contributed by atoms with Crippen LogP contribution in [0.3, 0.4) is 0 Å². The average Bonchev–Trinajstić information content (AvgIpc) is 2.75. The summed E-state index contributed by atoms with van der Waals surface area (Å²) < 4.78 is 6.71. The van der Waals surface area contributed by atoms with Crippen molar-refractivity contribution >= 4 is 6.03 Å². The van der Waals surface area contributed by atoms with Crippen LogP contribution in [0.25, 0.3) is 0 Å². The van der Waals surface area contributed by atoms with Crippen molar-refractivity contribution in [2.45, 2.75) is 19.5 Å². The highest BCUT2D eigenvalue weighted by Gasteiger charge is 2.16. The van der Waals surface area contributed by atoms with E-state index in [9.17, 15) is 9.59 Å². The number of amides is 2. The second kappa shape index (κ2) is 9.59. The van der Waals surface area contributed by atoms with Crippen molar-refractivity contribution < 1.29 is 9.53 Å². The first-order valence-corrected chi connectivity index (χ1v) is 9.48. The van der Waals surface area contributed by atoms with Crippen LogP contribution in [0.4, 0.5) is 4.79 Å². The van der Waals surface area contributed by atoms with Gasteiger partial charge in [-0.1, -0.05) is 60.7 Å². The molecule has 0 atom stereocenters. The molecule has 0 fully saturated rings. The van der Waals surface area contributed by atoms with Crippen molar-refractivity contribution in [1.82, 2.24) is 15.2 Å². The first-order valence-electron chi connectivity index (χ1n) is 9.48. The SMILES string of the molecule is COc1cc(C)n(CCNC(=O)NC(c2ccccc2)c2ccccc2)c(=O)c1. The maximum Gasteiger partial charge on any atom is 0.315 e. The Balaban J connectivity index is 1.65. The Morgan fingerprint density at radius 1 is 1.00 bits per heavy atom. The van der Waals surface area contributed by atoms with Crippen molar-refractivity contribution in [2.75, 3.05) is 13.7 Å². The molecule has 1 heterocycles. The summed E-state index contributed by atoms with van der Waals surface area (Å²) in [5.74, 6) is 0.531. The number of ether oxygens (including phenoxy) is 1. The number of aromatic nitrogens is 1. The van der Waals surface area contributed by atoms with E-state index in [-0.39, 0.29) is 17.6 Å². The molecule has 0 aliphatic rings. The zero-order valence-electron chi connectivity index (χ0n) is 16.6. The van der Waals surface area contributed by atoms with Gasteiger partial charge in [-0.2, -0.15) is 0 Å². The molecule has 0 radical (unpaired) electrons. The Hall–Kier alpha value is -3.54. The van der Waals surface area contributed by atoms with Crippen molar-refractivity contribution in [1.29, 1.82) is 0 Å². The van der Waals surface area contributed by atoms with E-state index in [2.05, 4.69) is 10.6 Å². The summed E-state index contributed by atoms with van der Waals surface area (Å²) in [5, 5.41) is 5.87. The van der Waals surface area contributed by atoms with E-state index in [1.807, 2.05) is 67.6 Å². The number of methoxy groups -OCH3 is 1. The third-order valence-electron chi connectivity index (χ3n) is 4.71. The molecule has 29 heavy (non-hydrogen) atoms. The Labute approximate surface area is 170 Å². The van der Waals surface area contributed by atoms with Gasteiger partial charge >= 0.3 is 6.03 Å². The third kappa shape index (κ3) is 5.25. The zero-order chi connectivity index (χ0) is 20.6. The maximum atomic E-state index is 12.5. The standard InChI is InChI=1S/C23H25N3O3/c1-17-15-20(29-2)16-21(27)26(17)14-13-24-23(28)25-22(18-9-5-3-6-10-18)19-11-7-4-8-12-19/h3-12,15-16,22H,13-14H2,1-2H3,(H2,24,25,28). The molecule has 3 aromatic rings. The van der Waals surface area contributed by atoms with Gasteiger partial charge in [0.05, 0.1) is 13.2 Å². The van der Waals surface area contributed by atoms with Crippen molar-refractivity contribution in [3.05, 3.63) is 100.0 Å². The second-order valence-electron chi connectivity index (χ2n) is 6.68.